The number of hydrogen-bond donors (Lipinski definition) is 2. The number of hydrogen-bond acceptors (Lipinski definition) is 7. The molecule has 11 heteroatoms. The van der Waals surface area contributed by atoms with Gasteiger partial charge < -0.3 is 5.32 Å². The summed E-state index contributed by atoms with van der Waals surface area (Å²) in [5, 5.41) is 2.52. The minimum absolute atomic E-state index is 0.0650. The van der Waals surface area contributed by atoms with Gasteiger partial charge >= 0.3 is 0 Å². The second kappa shape index (κ2) is 9.99. The van der Waals surface area contributed by atoms with E-state index in [1.807, 2.05) is 13.0 Å². The predicted molar refractivity (Wildman–Crippen MR) is 125 cm³/mol. The van der Waals surface area contributed by atoms with Crippen molar-refractivity contribution in [3.05, 3.63) is 47.5 Å². The van der Waals surface area contributed by atoms with E-state index in [0.29, 0.717) is 27.9 Å². The number of carbonyl (C=O) groups excluding carboxylic acids is 2. The van der Waals surface area contributed by atoms with Crippen molar-refractivity contribution in [2.75, 3.05) is 5.32 Å². The van der Waals surface area contributed by atoms with Crippen LogP contribution in [0.2, 0.25) is 5.02 Å². The summed E-state index contributed by atoms with van der Waals surface area (Å²) in [6, 6.07) is 11.0. The lowest BCUT2D eigenvalue weighted by atomic mass is 10.2. The molecule has 2 aromatic carbocycles. The molecule has 7 nitrogen and oxygen atoms in total. The van der Waals surface area contributed by atoms with Crippen LogP contribution in [-0.2, 0) is 19.6 Å². The number of aromatic nitrogens is 1. The van der Waals surface area contributed by atoms with Crippen LogP contribution in [0.4, 0.5) is 5.69 Å². The zero-order chi connectivity index (χ0) is 22.6. The average molecular weight is 498 g/mol. The van der Waals surface area contributed by atoms with Crippen LogP contribution in [0.3, 0.4) is 0 Å². The van der Waals surface area contributed by atoms with Gasteiger partial charge in [0.2, 0.25) is 11.8 Å². The molecule has 31 heavy (non-hydrogen) atoms. The van der Waals surface area contributed by atoms with Gasteiger partial charge in [-0.3, -0.25) is 9.59 Å². The smallest absolute Gasteiger partial charge is 0.264 e. The van der Waals surface area contributed by atoms with E-state index in [1.54, 1.807) is 12.1 Å². The predicted octanol–water partition coefficient (Wildman–Crippen LogP) is 4.67. The molecule has 164 valence electrons. The molecule has 2 N–H and O–H groups in total. The summed E-state index contributed by atoms with van der Waals surface area (Å²) < 4.78 is 29.1. The Balaban J connectivity index is 1.74. The zero-order valence-corrected chi connectivity index (χ0v) is 19.9. The minimum atomic E-state index is -4.05. The maximum atomic E-state index is 12.8. The fourth-order valence-corrected chi connectivity index (χ4v) is 6.40. The molecule has 2 amide bonds. The van der Waals surface area contributed by atoms with E-state index in [-0.39, 0.29) is 10.8 Å². The number of carbonyl (C=O) groups is 2. The van der Waals surface area contributed by atoms with Gasteiger partial charge in [-0.25, -0.2) is 18.1 Å². The Morgan fingerprint density at radius 2 is 1.90 bits per heavy atom. The highest BCUT2D eigenvalue weighted by Gasteiger charge is 2.26. The molecule has 3 rings (SSSR count). The SMILES string of the molecule is CCCC(Sc1nc2cc(Cl)ccc2s1)C(=O)NS(=O)(=O)c1ccc(NC(C)=O)cc1. The van der Waals surface area contributed by atoms with E-state index in [4.69, 9.17) is 11.6 Å². The first-order valence-electron chi connectivity index (χ1n) is 9.35. The van der Waals surface area contributed by atoms with E-state index < -0.39 is 21.2 Å². The lowest BCUT2D eigenvalue weighted by Crippen LogP contribution is -2.37. The van der Waals surface area contributed by atoms with E-state index in [0.717, 1.165) is 10.2 Å². The van der Waals surface area contributed by atoms with Gasteiger partial charge in [-0.2, -0.15) is 0 Å². The summed E-state index contributed by atoms with van der Waals surface area (Å²) >= 11 is 8.67. The van der Waals surface area contributed by atoms with Crippen LogP contribution in [0.1, 0.15) is 26.7 Å². The molecule has 0 aliphatic carbocycles. The third kappa shape index (κ3) is 6.19. The van der Waals surface area contributed by atoms with Gasteiger partial charge in [-0.05, 0) is 48.9 Å². The van der Waals surface area contributed by atoms with Crippen molar-refractivity contribution in [1.82, 2.24) is 9.71 Å². The summed E-state index contributed by atoms with van der Waals surface area (Å²) in [4.78, 5) is 28.3. The third-order valence-corrected chi connectivity index (χ3v) is 8.13. The standard InChI is InChI=1S/C20H20ClN3O4S3/c1-3-4-18(30-20-23-16-11-13(21)5-10-17(16)29-20)19(26)24-31(27,28)15-8-6-14(7-9-15)22-12(2)25/h5-11,18H,3-4H2,1-2H3,(H,22,25)(H,24,26). The number of sulfonamides is 1. The van der Waals surface area contributed by atoms with Gasteiger partial charge in [0.25, 0.3) is 10.0 Å². The second-order valence-corrected chi connectivity index (χ2v) is 11.3. The molecule has 0 radical (unpaired) electrons. The van der Waals surface area contributed by atoms with Crippen LogP contribution in [0.15, 0.2) is 51.7 Å². The van der Waals surface area contributed by atoms with Gasteiger partial charge in [0, 0.05) is 17.6 Å². The van der Waals surface area contributed by atoms with Crippen LogP contribution in [0, 0.1) is 0 Å². The van der Waals surface area contributed by atoms with Crippen LogP contribution in [-0.4, -0.2) is 30.5 Å². The molecule has 1 unspecified atom stereocenters. The summed E-state index contributed by atoms with van der Waals surface area (Å²) in [6.07, 6.45) is 1.19. The maximum absolute atomic E-state index is 12.8. The summed E-state index contributed by atoms with van der Waals surface area (Å²) in [6.45, 7) is 3.28. The molecule has 3 aromatic rings. The third-order valence-electron chi connectivity index (χ3n) is 4.14. The Hall–Kier alpha value is -2.14. The van der Waals surface area contributed by atoms with Crippen molar-refractivity contribution in [2.45, 2.75) is 41.2 Å². The highest BCUT2D eigenvalue weighted by atomic mass is 35.5. The Labute approximate surface area is 193 Å². The van der Waals surface area contributed by atoms with E-state index in [9.17, 15) is 18.0 Å². The monoisotopic (exact) mass is 497 g/mol. The van der Waals surface area contributed by atoms with Crippen LogP contribution < -0.4 is 10.0 Å². The number of fused-ring (bicyclic) bond motifs is 1. The number of thiazole rings is 1. The first kappa shape index (κ1) is 23.5. The van der Waals surface area contributed by atoms with Crippen LogP contribution >= 0.6 is 34.7 Å². The first-order chi connectivity index (χ1) is 14.7. The lowest BCUT2D eigenvalue weighted by molar-refractivity contribution is -0.119. The molecule has 0 aliphatic rings. The Morgan fingerprint density at radius 1 is 1.19 bits per heavy atom. The molecular formula is C20H20ClN3O4S3. The molecule has 0 spiro atoms. The van der Waals surface area contributed by atoms with Gasteiger partial charge in [0.1, 0.15) is 0 Å². The second-order valence-electron chi connectivity index (χ2n) is 6.66. The van der Waals surface area contributed by atoms with Crippen LogP contribution in [0.5, 0.6) is 0 Å². The molecule has 1 atom stereocenters. The molecule has 0 fully saturated rings. The molecule has 1 aromatic heterocycles. The number of amides is 2. The van der Waals surface area contributed by atoms with Crippen molar-refractivity contribution in [2.24, 2.45) is 0 Å². The van der Waals surface area contributed by atoms with E-state index in [1.165, 1.54) is 54.3 Å². The summed E-state index contributed by atoms with van der Waals surface area (Å²) in [5.74, 6) is -0.865. The number of halogens is 1. The molecule has 0 saturated heterocycles. The molecule has 0 saturated carbocycles. The van der Waals surface area contributed by atoms with Crippen LogP contribution in [0.25, 0.3) is 10.2 Å². The van der Waals surface area contributed by atoms with Crippen molar-refractivity contribution in [3.63, 3.8) is 0 Å². The van der Waals surface area contributed by atoms with E-state index in [2.05, 4.69) is 15.0 Å². The molecule has 0 aliphatic heterocycles. The van der Waals surface area contributed by atoms with Gasteiger partial charge in [-0.15, -0.1) is 11.3 Å². The number of thioether (sulfide) groups is 1. The topological polar surface area (TPSA) is 105 Å². The van der Waals surface area contributed by atoms with Gasteiger partial charge in [0.05, 0.1) is 20.4 Å². The van der Waals surface area contributed by atoms with Gasteiger partial charge in [-0.1, -0.05) is 36.7 Å². The molecule has 0 bridgehead atoms. The number of benzene rings is 2. The zero-order valence-electron chi connectivity index (χ0n) is 16.7. The quantitative estimate of drug-likeness (QED) is 0.438. The number of rotatable bonds is 8. The fourth-order valence-electron chi connectivity index (χ4n) is 2.74. The largest absolute Gasteiger partial charge is 0.326 e. The number of anilines is 1. The van der Waals surface area contributed by atoms with Gasteiger partial charge in [0.15, 0.2) is 4.34 Å². The Kier molecular flexibility index (Phi) is 7.58. The molecular weight excluding hydrogens is 478 g/mol. The average Bonchev–Trinajstić information content (AvgIpc) is 3.08. The summed E-state index contributed by atoms with van der Waals surface area (Å²) in [7, 11) is -4.05. The first-order valence-corrected chi connectivity index (χ1v) is 12.9. The number of nitrogens with one attached hydrogen (secondary N) is 2. The molecule has 1 heterocycles. The summed E-state index contributed by atoms with van der Waals surface area (Å²) in [5.41, 5.74) is 1.20. The van der Waals surface area contributed by atoms with Crippen molar-refractivity contribution >= 4 is 72.4 Å². The highest BCUT2D eigenvalue weighted by molar-refractivity contribution is 8.02. The van der Waals surface area contributed by atoms with Crippen molar-refractivity contribution in [1.29, 1.82) is 0 Å². The fraction of sp³-hybridized carbons (Fsp3) is 0.250. The lowest BCUT2D eigenvalue weighted by Gasteiger charge is -2.15. The van der Waals surface area contributed by atoms with Crippen molar-refractivity contribution < 1.29 is 18.0 Å². The number of nitrogens with zero attached hydrogens (tertiary/aromatic N) is 1. The normalized spacial score (nSPS) is 12.5. The van der Waals surface area contributed by atoms with Crippen molar-refractivity contribution in [3.8, 4) is 0 Å². The maximum Gasteiger partial charge on any atom is 0.264 e. The highest BCUT2D eigenvalue weighted by Crippen LogP contribution is 2.34. The minimum Gasteiger partial charge on any atom is -0.326 e. The van der Waals surface area contributed by atoms with E-state index >= 15 is 0 Å². The Bertz CT molecular complexity index is 1210. The Morgan fingerprint density at radius 3 is 2.55 bits per heavy atom.